The van der Waals surface area contributed by atoms with Crippen LogP contribution in [0.15, 0.2) is 18.2 Å². The zero-order valence-corrected chi connectivity index (χ0v) is 11.0. The molecule has 0 amide bonds. The van der Waals surface area contributed by atoms with Crippen LogP contribution in [-0.4, -0.2) is 6.10 Å². The summed E-state index contributed by atoms with van der Waals surface area (Å²) in [5, 5.41) is 0. The molecule has 0 bridgehead atoms. The predicted octanol–water partition coefficient (Wildman–Crippen LogP) is 3.66. The van der Waals surface area contributed by atoms with E-state index in [-0.39, 0.29) is 18.0 Å². The van der Waals surface area contributed by atoms with E-state index in [1.807, 2.05) is 13.8 Å². The van der Waals surface area contributed by atoms with Crippen LogP contribution in [-0.2, 0) is 0 Å². The molecule has 0 saturated heterocycles. The molecule has 3 heteroatoms. The largest absolute Gasteiger partial charge is 0.490 e. The Morgan fingerprint density at radius 2 is 1.88 bits per heavy atom. The molecular weight excluding hydrogens is 217 g/mol. The van der Waals surface area contributed by atoms with Gasteiger partial charge in [0, 0.05) is 11.6 Å². The van der Waals surface area contributed by atoms with Gasteiger partial charge in [-0.2, -0.15) is 0 Å². The number of ether oxygens (including phenoxy) is 1. The second-order valence-electron chi connectivity index (χ2n) is 5.03. The maximum atomic E-state index is 13.1. The molecule has 0 spiro atoms. The highest BCUT2D eigenvalue weighted by molar-refractivity contribution is 5.36. The van der Waals surface area contributed by atoms with Gasteiger partial charge in [0.2, 0.25) is 0 Å². The summed E-state index contributed by atoms with van der Waals surface area (Å²) in [6, 6.07) is 4.28. The van der Waals surface area contributed by atoms with Crippen LogP contribution in [0.25, 0.3) is 0 Å². The number of hydrogen-bond acceptors (Lipinski definition) is 2. The first-order chi connectivity index (χ1) is 7.90. The van der Waals surface area contributed by atoms with Crippen LogP contribution in [0, 0.1) is 11.7 Å². The van der Waals surface area contributed by atoms with Crippen molar-refractivity contribution in [3.05, 3.63) is 29.6 Å². The van der Waals surface area contributed by atoms with E-state index in [9.17, 15) is 4.39 Å². The molecule has 2 N–H and O–H groups in total. The Balaban J connectivity index is 2.83. The zero-order chi connectivity index (χ0) is 13.0. The summed E-state index contributed by atoms with van der Waals surface area (Å²) in [6.45, 7) is 8.15. The molecule has 0 radical (unpaired) electrons. The molecule has 0 saturated carbocycles. The van der Waals surface area contributed by atoms with Crippen LogP contribution in [0.2, 0.25) is 0 Å². The third-order valence-corrected chi connectivity index (χ3v) is 2.59. The smallest absolute Gasteiger partial charge is 0.124 e. The zero-order valence-electron chi connectivity index (χ0n) is 11.0. The van der Waals surface area contributed by atoms with Crippen molar-refractivity contribution in [2.45, 2.75) is 46.3 Å². The highest BCUT2D eigenvalue weighted by Gasteiger charge is 2.13. The summed E-state index contributed by atoms with van der Waals surface area (Å²) >= 11 is 0. The van der Waals surface area contributed by atoms with Crippen LogP contribution in [0.3, 0.4) is 0 Å². The van der Waals surface area contributed by atoms with E-state index in [1.54, 1.807) is 6.07 Å². The Kier molecular flexibility index (Phi) is 4.94. The van der Waals surface area contributed by atoms with Crippen LogP contribution >= 0.6 is 0 Å². The minimum Gasteiger partial charge on any atom is -0.490 e. The third kappa shape index (κ3) is 4.35. The van der Waals surface area contributed by atoms with Crippen molar-refractivity contribution in [1.82, 2.24) is 0 Å². The molecule has 0 aliphatic carbocycles. The number of halogens is 1. The molecular formula is C14H22FNO. The van der Waals surface area contributed by atoms with Gasteiger partial charge in [-0.3, -0.25) is 0 Å². The van der Waals surface area contributed by atoms with Gasteiger partial charge in [-0.15, -0.1) is 0 Å². The lowest BCUT2D eigenvalue weighted by molar-refractivity contribution is 0.190. The van der Waals surface area contributed by atoms with Crippen molar-refractivity contribution in [2.75, 3.05) is 0 Å². The van der Waals surface area contributed by atoms with Crippen molar-refractivity contribution in [3.63, 3.8) is 0 Å². The first kappa shape index (κ1) is 14.0. The number of hydrogen-bond donors (Lipinski definition) is 1. The highest BCUT2D eigenvalue weighted by Crippen LogP contribution is 2.26. The van der Waals surface area contributed by atoms with Crippen molar-refractivity contribution >= 4 is 0 Å². The number of rotatable bonds is 5. The molecule has 0 fully saturated rings. The Labute approximate surface area is 103 Å². The topological polar surface area (TPSA) is 35.2 Å². The second-order valence-corrected chi connectivity index (χ2v) is 5.03. The van der Waals surface area contributed by atoms with E-state index >= 15 is 0 Å². The lowest BCUT2D eigenvalue weighted by Gasteiger charge is -2.20. The molecule has 0 aliphatic rings. The molecule has 1 aromatic carbocycles. The lowest BCUT2D eigenvalue weighted by atomic mass is 10.1. The van der Waals surface area contributed by atoms with Gasteiger partial charge in [0.1, 0.15) is 11.6 Å². The van der Waals surface area contributed by atoms with Crippen LogP contribution < -0.4 is 10.5 Å². The second kappa shape index (κ2) is 6.01. The quantitative estimate of drug-likeness (QED) is 0.851. The summed E-state index contributed by atoms with van der Waals surface area (Å²) in [6.07, 6.45) is 1.08. The van der Waals surface area contributed by atoms with Gasteiger partial charge in [0.25, 0.3) is 0 Å². The van der Waals surface area contributed by atoms with Crippen LogP contribution in [0.5, 0.6) is 5.75 Å². The fourth-order valence-electron chi connectivity index (χ4n) is 1.91. The molecule has 2 atom stereocenters. The summed E-state index contributed by atoms with van der Waals surface area (Å²) in [7, 11) is 0. The maximum absolute atomic E-state index is 13.1. The monoisotopic (exact) mass is 239 g/mol. The third-order valence-electron chi connectivity index (χ3n) is 2.59. The Morgan fingerprint density at radius 3 is 2.41 bits per heavy atom. The Morgan fingerprint density at radius 1 is 1.24 bits per heavy atom. The van der Waals surface area contributed by atoms with E-state index in [0.717, 1.165) is 12.0 Å². The fourth-order valence-corrected chi connectivity index (χ4v) is 1.91. The van der Waals surface area contributed by atoms with Crippen LogP contribution in [0.4, 0.5) is 4.39 Å². The number of nitrogens with two attached hydrogens (primary N) is 1. The van der Waals surface area contributed by atoms with Crippen molar-refractivity contribution in [2.24, 2.45) is 11.7 Å². The summed E-state index contributed by atoms with van der Waals surface area (Å²) in [5.41, 5.74) is 6.54. The van der Waals surface area contributed by atoms with E-state index in [1.165, 1.54) is 12.1 Å². The van der Waals surface area contributed by atoms with E-state index < -0.39 is 0 Å². The predicted molar refractivity (Wildman–Crippen MR) is 68.5 cm³/mol. The molecule has 17 heavy (non-hydrogen) atoms. The SMILES string of the molecule is CC(C)CC(C)Oc1ccc(F)cc1[C@@H](C)N. The molecule has 0 heterocycles. The van der Waals surface area contributed by atoms with Gasteiger partial charge in [-0.1, -0.05) is 13.8 Å². The normalized spacial score (nSPS) is 14.8. The minimum absolute atomic E-state index is 0.109. The molecule has 0 aromatic heterocycles. The van der Waals surface area contributed by atoms with Crippen LogP contribution in [0.1, 0.15) is 45.7 Å². The standard InChI is InChI=1S/C14H22FNO/c1-9(2)7-10(3)17-14-6-5-12(15)8-13(14)11(4)16/h5-6,8-11H,7,16H2,1-4H3/t10?,11-/m1/s1. The molecule has 2 nitrogen and oxygen atoms in total. The maximum Gasteiger partial charge on any atom is 0.124 e. The molecule has 1 rings (SSSR count). The average Bonchev–Trinajstić information content (AvgIpc) is 2.19. The first-order valence-corrected chi connectivity index (χ1v) is 6.11. The van der Waals surface area contributed by atoms with Gasteiger partial charge in [-0.25, -0.2) is 4.39 Å². The minimum atomic E-state index is -0.277. The summed E-state index contributed by atoms with van der Waals surface area (Å²) in [5.74, 6) is 0.986. The van der Waals surface area contributed by atoms with Gasteiger partial charge < -0.3 is 10.5 Å². The summed E-state index contributed by atoms with van der Waals surface area (Å²) < 4.78 is 19.0. The number of benzene rings is 1. The average molecular weight is 239 g/mol. The highest BCUT2D eigenvalue weighted by atomic mass is 19.1. The van der Waals surface area contributed by atoms with Gasteiger partial charge in [-0.05, 0) is 44.4 Å². The van der Waals surface area contributed by atoms with Gasteiger partial charge in [0.15, 0.2) is 0 Å². The Bertz CT molecular complexity index is 363. The Hall–Kier alpha value is -1.09. The van der Waals surface area contributed by atoms with Gasteiger partial charge in [0.05, 0.1) is 6.10 Å². The lowest BCUT2D eigenvalue weighted by Crippen LogP contribution is -2.17. The van der Waals surface area contributed by atoms with Crippen molar-refractivity contribution in [1.29, 1.82) is 0 Å². The fraction of sp³-hybridized carbons (Fsp3) is 0.571. The van der Waals surface area contributed by atoms with E-state index in [2.05, 4.69) is 13.8 Å². The molecule has 1 unspecified atom stereocenters. The van der Waals surface area contributed by atoms with E-state index in [4.69, 9.17) is 10.5 Å². The molecule has 96 valence electrons. The van der Waals surface area contributed by atoms with Gasteiger partial charge >= 0.3 is 0 Å². The van der Waals surface area contributed by atoms with E-state index in [0.29, 0.717) is 11.7 Å². The molecule has 1 aromatic rings. The van der Waals surface area contributed by atoms with Crippen molar-refractivity contribution in [3.8, 4) is 5.75 Å². The first-order valence-electron chi connectivity index (χ1n) is 6.11. The molecule has 0 aliphatic heterocycles. The van der Waals surface area contributed by atoms with Crippen molar-refractivity contribution < 1.29 is 9.13 Å². The summed E-state index contributed by atoms with van der Waals surface area (Å²) in [4.78, 5) is 0.